The number of alkyl carbamates (subject to hydrolysis) is 1. The first-order valence-corrected chi connectivity index (χ1v) is 27.7. The van der Waals surface area contributed by atoms with Crippen LogP contribution in [0.2, 0.25) is 0 Å². The zero-order valence-corrected chi connectivity index (χ0v) is 46.1. The van der Waals surface area contributed by atoms with Gasteiger partial charge in [0.25, 0.3) is 5.56 Å². The molecule has 0 spiro atoms. The van der Waals surface area contributed by atoms with E-state index in [9.17, 15) is 48.3 Å². The number of halogens is 1. The molecule has 0 saturated carbocycles. The number of ether oxygens (including phenoxy) is 3. The number of fused-ring (bicyclic) bond motifs is 8. The Balaban J connectivity index is 0.639. The summed E-state index contributed by atoms with van der Waals surface area (Å²) in [6.07, 6.45) is -0.318. The van der Waals surface area contributed by atoms with Crippen LogP contribution in [0.25, 0.3) is 33.4 Å². The Kier molecular flexibility index (Phi) is 17.2. The summed E-state index contributed by atoms with van der Waals surface area (Å²) >= 11 is 0. The third kappa shape index (κ3) is 12.1. The Bertz CT molecular complexity index is 3660. The van der Waals surface area contributed by atoms with Crippen molar-refractivity contribution in [3.05, 3.63) is 157 Å². The van der Waals surface area contributed by atoms with Crippen molar-refractivity contribution >= 4 is 58.4 Å². The monoisotopic (exact) mass is 1150 g/mol. The molecule has 436 valence electrons. The van der Waals surface area contributed by atoms with Gasteiger partial charge in [0.15, 0.2) is 5.60 Å². The molecule has 0 saturated heterocycles. The number of aryl methyl sites for hydroxylation is 1. The number of hydrogen-bond acceptors (Lipinski definition) is 14. The van der Waals surface area contributed by atoms with Crippen molar-refractivity contribution in [1.29, 1.82) is 0 Å². The molecule has 4 heterocycles. The van der Waals surface area contributed by atoms with Crippen LogP contribution in [0.4, 0.5) is 9.18 Å². The summed E-state index contributed by atoms with van der Waals surface area (Å²) in [7, 11) is 0. The molecule has 0 fully saturated rings. The highest BCUT2D eigenvalue weighted by Crippen LogP contribution is 2.47. The van der Waals surface area contributed by atoms with E-state index in [0.717, 1.165) is 27.8 Å². The summed E-state index contributed by atoms with van der Waals surface area (Å²) in [5, 5.41) is 30.2. The largest absolute Gasteiger partial charge is 0.458 e. The van der Waals surface area contributed by atoms with Gasteiger partial charge in [-0.2, -0.15) is 0 Å². The number of cyclic esters (lactones) is 1. The molecule has 8 N–H and O–H groups in total. The van der Waals surface area contributed by atoms with E-state index in [1.165, 1.54) is 10.6 Å². The summed E-state index contributed by atoms with van der Waals surface area (Å²) in [4.78, 5) is 122. The molecule has 84 heavy (non-hydrogen) atoms. The standard InChI is InChI=1S/C61H62FN9O13/c1-3-61(81)43-24-48-56-40(29-71(48)58(78)42(43)31-83-59(61)79)55-45(18-17-35-33(2)44(62)25-46(70-56)54(35)55)68-50(73)20-19-49(72)63-21-22-82-32-67-52(75)26-65-57(77)47(23-34-11-5-4-6-12-34)69-53(76)28-64-51(74)27-66-60(80)84-30-41-38-15-9-7-13-36(38)37-14-8-10-16-39(37)41/h4-16,24-25,41,45,47,81H,3,17-23,26-32H2,1-2H3,(H,63,72)(H,64,74)(H,65,77)(H,66,80)(H,67,75)(H,68,73)(H,69,76)/t45-,47-,61-/m0/s1. The number of carbonyl (C=O) groups excluding carboxylic acids is 8. The summed E-state index contributed by atoms with van der Waals surface area (Å²) in [6.45, 7) is 1.39. The first kappa shape index (κ1) is 57.9. The van der Waals surface area contributed by atoms with Crippen LogP contribution in [0.1, 0.15) is 94.6 Å². The second-order valence-electron chi connectivity index (χ2n) is 21.0. The molecule has 0 unspecified atom stereocenters. The van der Waals surface area contributed by atoms with Crippen LogP contribution < -0.4 is 42.8 Å². The van der Waals surface area contributed by atoms with E-state index in [4.69, 9.17) is 19.2 Å². The number of hydrogen-bond donors (Lipinski definition) is 8. The van der Waals surface area contributed by atoms with Gasteiger partial charge in [-0.15, -0.1) is 0 Å². The van der Waals surface area contributed by atoms with Gasteiger partial charge >= 0.3 is 12.1 Å². The van der Waals surface area contributed by atoms with Gasteiger partial charge in [-0.05, 0) is 76.8 Å². The molecule has 7 amide bonds. The molecule has 6 aromatic rings. The van der Waals surface area contributed by atoms with Crippen LogP contribution in [0, 0.1) is 12.7 Å². The highest BCUT2D eigenvalue weighted by atomic mass is 19.1. The number of benzene rings is 4. The molecule has 0 radical (unpaired) electrons. The van der Waals surface area contributed by atoms with Crippen LogP contribution >= 0.6 is 0 Å². The average molecular weight is 1150 g/mol. The minimum atomic E-state index is -2.04. The minimum absolute atomic E-state index is 0.0159. The zero-order chi connectivity index (χ0) is 59.2. The Labute approximate surface area is 480 Å². The molecule has 23 heteroatoms. The lowest BCUT2D eigenvalue weighted by Gasteiger charge is -2.31. The third-order valence-corrected chi connectivity index (χ3v) is 15.8. The Morgan fingerprint density at radius 3 is 2.21 bits per heavy atom. The molecule has 4 aliphatic rings. The minimum Gasteiger partial charge on any atom is -0.458 e. The zero-order valence-electron chi connectivity index (χ0n) is 46.1. The highest BCUT2D eigenvalue weighted by molar-refractivity contribution is 5.95. The summed E-state index contributed by atoms with van der Waals surface area (Å²) < 4.78 is 33.0. The molecule has 3 atom stereocenters. The van der Waals surface area contributed by atoms with Crippen molar-refractivity contribution < 1.29 is 62.1 Å². The number of nitrogens with one attached hydrogen (secondary N) is 7. The van der Waals surface area contributed by atoms with E-state index in [-0.39, 0.29) is 82.4 Å². The maximum atomic E-state index is 15.4. The van der Waals surface area contributed by atoms with Gasteiger partial charge in [-0.25, -0.2) is 19.0 Å². The first-order valence-electron chi connectivity index (χ1n) is 27.7. The van der Waals surface area contributed by atoms with Crippen molar-refractivity contribution in [3.8, 4) is 22.5 Å². The lowest BCUT2D eigenvalue weighted by Crippen LogP contribution is -2.52. The fourth-order valence-electron chi connectivity index (χ4n) is 11.4. The Morgan fingerprint density at radius 2 is 1.48 bits per heavy atom. The van der Waals surface area contributed by atoms with Gasteiger partial charge in [0.05, 0.1) is 54.8 Å². The number of aromatic nitrogens is 2. The number of pyridine rings is 2. The number of carbonyl (C=O) groups is 8. The second kappa shape index (κ2) is 25.0. The number of aliphatic hydroxyl groups is 1. The van der Waals surface area contributed by atoms with Gasteiger partial charge in [-0.1, -0.05) is 85.8 Å². The maximum absolute atomic E-state index is 15.4. The average Bonchev–Trinajstić information content (AvgIpc) is 1.64. The molecule has 2 aliphatic carbocycles. The van der Waals surface area contributed by atoms with Crippen molar-refractivity contribution in [2.45, 2.75) is 89.1 Å². The lowest BCUT2D eigenvalue weighted by atomic mass is 9.81. The molecular weight excluding hydrogens is 1090 g/mol. The predicted molar refractivity (Wildman–Crippen MR) is 301 cm³/mol. The van der Waals surface area contributed by atoms with E-state index >= 15 is 4.39 Å². The van der Waals surface area contributed by atoms with Crippen LogP contribution in [0.15, 0.2) is 95.8 Å². The topological polar surface area (TPSA) is 304 Å². The summed E-state index contributed by atoms with van der Waals surface area (Å²) in [5.41, 5.74) is 6.25. The van der Waals surface area contributed by atoms with Crippen LogP contribution in [0.5, 0.6) is 0 Å². The maximum Gasteiger partial charge on any atom is 0.407 e. The van der Waals surface area contributed by atoms with E-state index in [1.54, 1.807) is 50.2 Å². The normalized spacial score (nSPS) is 16.3. The van der Waals surface area contributed by atoms with E-state index in [0.29, 0.717) is 57.4 Å². The van der Waals surface area contributed by atoms with Crippen molar-refractivity contribution in [2.75, 3.05) is 46.1 Å². The number of nitrogens with zero attached hydrogens (tertiary/aromatic N) is 2. The van der Waals surface area contributed by atoms with E-state index < -0.39 is 96.2 Å². The summed E-state index contributed by atoms with van der Waals surface area (Å²) in [6, 6.07) is 25.8. The van der Waals surface area contributed by atoms with E-state index in [1.807, 2.05) is 48.5 Å². The van der Waals surface area contributed by atoms with Gasteiger partial charge in [0, 0.05) is 54.3 Å². The molecule has 10 rings (SSSR count). The first-order chi connectivity index (χ1) is 40.5. The molecule has 2 aromatic heterocycles. The fourth-order valence-corrected chi connectivity index (χ4v) is 11.4. The number of amides is 7. The van der Waals surface area contributed by atoms with Crippen LogP contribution in [0.3, 0.4) is 0 Å². The number of rotatable bonds is 22. The van der Waals surface area contributed by atoms with Crippen molar-refractivity contribution in [1.82, 2.24) is 46.8 Å². The second-order valence-corrected chi connectivity index (χ2v) is 21.0. The van der Waals surface area contributed by atoms with Gasteiger partial charge in [0.2, 0.25) is 35.4 Å². The van der Waals surface area contributed by atoms with E-state index in [2.05, 4.69) is 37.2 Å². The quantitative estimate of drug-likeness (QED) is 0.0275. The molecule has 4 aromatic carbocycles. The predicted octanol–water partition coefficient (Wildman–Crippen LogP) is 3.12. The molecule has 0 bridgehead atoms. The third-order valence-electron chi connectivity index (χ3n) is 15.8. The van der Waals surface area contributed by atoms with Crippen molar-refractivity contribution in [3.63, 3.8) is 0 Å². The molecular formula is C61H62FN9O13. The van der Waals surface area contributed by atoms with Crippen LogP contribution in [-0.2, 0) is 79.4 Å². The van der Waals surface area contributed by atoms with Gasteiger partial charge < -0.3 is 61.1 Å². The van der Waals surface area contributed by atoms with Crippen molar-refractivity contribution in [2.24, 2.45) is 0 Å². The smallest absolute Gasteiger partial charge is 0.407 e. The van der Waals surface area contributed by atoms with Gasteiger partial charge in [0.1, 0.15) is 38.3 Å². The molecule has 2 aliphatic heterocycles. The van der Waals surface area contributed by atoms with Crippen LogP contribution in [-0.4, -0.2) is 114 Å². The fraction of sp³-hybridized carbons (Fsp3) is 0.344. The Hall–Kier alpha value is -9.35. The molecule has 22 nitrogen and oxygen atoms in total. The van der Waals surface area contributed by atoms with Gasteiger partial charge in [-0.3, -0.25) is 33.6 Å². The highest BCUT2D eigenvalue weighted by Gasteiger charge is 2.46. The lowest BCUT2D eigenvalue weighted by molar-refractivity contribution is -0.172. The SMILES string of the molecule is CC[C@@]1(O)C(=O)OCc2c1cc1n(c2=O)Cc2c-1nc1cc(F)c(C)c3c1c2[C@@H](NC(=O)CCC(=O)NCCOCNC(=O)CNC(=O)[C@H](Cc1ccccc1)NC(=O)CNC(=O)CNC(=O)OCC1c2ccccc2-c2ccccc21)CC3. The Morgan fingerprint density at radius 1 is 0.798 bits per heavy atom. The summed E-state index contributed by atoms with van der Waals surface area (Å²) in [5.74, 6) is -5.03. The number of esters is 1.